The number of carbonyl (C=O) groups is 2. The van der Waals surface area contributed by atoms with Crippen LogP contribution in [0.15, 0.2) is 24.3 Å². The highest BCUT2D eigenvalue weighted by Gasteiger charge is 2.83. The Balaban J connectivity index is 3.31. The molecule has 0 saturated heterocycles. The largest absolute Gasteiger partial charge is 0.512 e. The van der Waals surface area contributed by atoms with E-state index in [-0.39, 0.29) is 5.56 Å². The number of sulfonamides is 2. The first-order chi connectivity index (χ1) is 17.2. The quantitative estimate of drug-likeness (QED) is 0.147. The van der Waals surface area contributed by atoms with Gasteiger partial charge in [-0.15, -0.1) is 0 Å². The van der Waals surface area contributed by atoms with Crippen molar-refractivity contribution < 1.29 is 78.5 Å². The van der Waals surface area contributed by atoms with Gasteiger partial charge >= 0.3 is 42.1 Å². The molecule has 1 unspecified atom stereocenters. The van der Waals surface area contributed by atoms with Crippen molar-refractivity contribution in [2.45, 2.75) is 48.6 Å². The number of halogens is 9. The second-order valence-corrected chi connectivity index (χ2v) is 12.8. The molecule has 0 aromatic heterocycles. The molecule has 0 fully saturated rings. The van der Waals surface area contributed by atoms with E-state index in [1.807, 2.05) is 0 Å². The Labute approximate surface area is 214 Å². The van der Waals surface area contributed by atoms with E-state index in [0.717, 1.165) is 0 Å². The number of hydrogen-bond donors (Lipinski definition) is 1. The summed E-state index contributed by atoms with van der Waals surface area (Å²) in [6, 6.07) is 2.11. The molecule has 224 valence electrons. The van der Waals surface area contributed by atoms with Crippen LogP contribution in [-0.2, 0) is 35.0 Å². The van der Waals surface area contributed by atoms with Gasteiger partial charge in [-0.2, -0.15) is 47.9 Å². The first-order valence-corrected chi connectivity index (χ1v) is 14.1. The van der Waals surface area contributed by atoms with Gasteiger partial charge in [-0.1, -0.05) is 18.0 Å². The maximum absolute atomic E-state index is 14.1. The molecule has 0 heterocycles. The number of nitrogens with one attached hydrogen (secondary N) is 1. The molecule has 1 N–H and O–H groups in total. The zero-order valence-electron chi connectivity index (χ0n) is 19.1. The SMILES string of the molecule is CCC(C)C(=O)CC(=O)c1ccc(OS(=O)(=O)C(F)(F)C(F)(F)C(F)(F)S(=O)(=O)NS(=O)(=O)C(F)(F)F)cc1. The van der Waals surface area contributed by atoms with E-state index in [0.29, 0.717) is 30.7 Å². The average molecular weight is 645 g/mol. The lowest BCUT2D eigenvalue weighted by atomic mass is 9.97. The maximum Gasteiger partial charge on any atom is 0.512 e. The predicted octanol–water partition coefficient (Wildman–Crippen LogP) is 3.17. The molecule has 1 atom stereocenters. The van der Waals surface area contributed by atoms with Crippen LogP contribution in [0.1, 0.15) is 37.0 Å². The lowest BCUT2D eigenvalue weighted by Gasteiger charge is -2.31. The van der Waals surface area contributed by atoms with Crippen molar-refractivity contribution in [2.24, 2.45) is 5.92 Å². The first kappa shape index (κ1) is 34.6. The number of Topliss-reactive ketones (excluding diaryl/α,β-unsaturated/α-hetero) is 2. The number of ketones is 2. The monoisotopic (exact) mass is 645 g/mol. The van der Waals surface area contributed by atoms with E-state index < -0.39 is 85.9 Å². The summed E-state index contributed by atoms with van der Waals surface area (Å²) in [5.41, 5.74) is -7.03. The zero-order valence-corrected chi connectivity index (χ0v) is 21.6. The van der Waals surface area contributed by atoms with Crippen LogP contribution in [0.25, 0.3) is 0 Å². The molecule has 0 aliphatic heterocycles. The third-order valence-electron chi connectivity index (χ3n) is 4.79. The van der Waals surface area contributed by atoms with Crippen molar-refractivity contribution >= 4 is 41.7 Å². The summed E-state index contributed by atoms with van der Waals surface area (Å²) in [5.74, 6) is -10.8. The predicted molar refractivity (Wildman–Crippen MR) is 111 cm³/mol. The third kappa shape index (κ3) is 6.65. The third-order valence-corrected chi connectivity index (χ3v) is 9.38. The molecule has 0 bridgehead atoms. The van der Waals surface area contributed by atoms with Crippen LogP contribution in [0.3, 0.4) is 0 Å². The molecule has 1 aromatic carbocycles. The topological polar surface area (TPSA) is 158 Å². The molecule has 0 aliphatic rings. The number of alkyl halides is 9. The summed E-state index contributed by atoms with van der Waals surface area (Å²) in [7, 11) is -22.6. The number of carbonyl (C=O) groups excluding carboxylic acids is 2. The van der Waals surface area contributed by atoms with Crippen LogP contribution in [0.2, 0.25) is 0 Å². The van der Waals surface area contributed by atoms with Gasteiger partial charge in [0, 0.05) is 11.5 Å². The van der Waals surface area contributed by atoms with E-state index in [2.05, 4.69) is 4.18 Å². The van der Waals surface area contributed by atoms with Gasteiger partial charge < -0.3 is 4.18 Å². The maximum atomic E-state index is 14.1. The van der Waals surface area contributed by atoms with Gasteiger partial charge in [0.1, 0.15) is 11.5 Å². The van der Waals surface area contributed by atoms with E-state index in [4.69, 9.17) is 0 Å². The van der Waals surface area contributed by atoms with Crippen LogP contribution in [-0.4, -0.2) is 58.8 Å². The van der Waals surface area contributed by atoms with Gasteiger partial charge in [0.05, 0.1) is 6.42 Å². The Hall–Kier alpha value is -2.46. The Morgan fingerprint density at radius 3 is 1.69 bits per heavy atom. The normalized spacial score (nSPS) is 15.1. The standard InChI is InChI=1S/C17H16F9NO9S3/c1-3-9(2)12(28)8-13(29)10-4-6-11(7-5-10)36-39(34,35)16(22,23)14(18,19)15(20,21)37(30,31)27-38(32,33)17(24,25)26/h4-7,9,27H,3,8H2,1-2H3. The smallest absolute Gasteiger partial charge is 0.378 e. The fraction of sp³-hybridized carbons (Fsp3) is 0.529. The van der Waals surface area contributed by atoms with Gasteiger partial charge in [-0.05, 0) is 30.7 Å². The van der Waals surface area contributed by atoms with Gasteiger partial charge in [0.2, 0.25) is 0 Å². The fourth-order valence-corrected chi connectivity index (χ4v) is 5.67. The van der Waals surface area contributed by atoms with Crippen molar-refractivity contribution in [2.75, 3.05) is 0 Å². The molecule has 0 aliphatic carbocycles. The lowest BCUT2D eigenvalue weighted by Crippen LogP contribution is -2.64. The van der Waals surface area contributed by atoms with Crippen LogP contribution >= 0.6 is 0 Å². The van der Waals surface area contributed by atoms with Crippen molar-refractivity contribution in [3.8, 4) is 5.75 Å². The second-order valence-electron chi connectivity index (χ2n) is 7.58. The number of benzene rings is 1. The molecule has 0 amide bonds. The molecule has 10 nitrogen and oxygen atoms in total. The van der Waals surface area contributed by atoms with E-state index in [9.17, 15) is 74.4 Å². The Morgan fingerprint density at radius 2 is 1.28 bits per heavy atom. The molecule has 1 aromatic rings. The summed E-state index contributed by atoms with van der Waals surface area (Å²) in [6.45, 7) is 3.15. The molecule has 22 heteroatoms. The molecule has 0 spiro atoms. The zero-order chi connectivity index (χ0) is 31.0. The fourth-order valence-electron chi connectivity index (χ4n) is 2.28. The Kier molecular flexibility index (Phi) is 9.61. The van der Waals surface area contributed by atoms with Crippen molar-refractivity contribution in [1.29, 1.82) is 0 Å². The molecule has 0 radical (unpaired) electrons. The minimum atomic E-state index is -7.91. The molecule has 39 heavy (non-hydrogen) atoms. The van der Waals surface area contributed by atoms with Gasteiger partial charge in [0.25, 0.3) is 10.0 Å². The highest BCUT2D eigenvalue weighted by molar-refractivity contribution is 8.05. The Bertz CT molecular complexity index is 1420. The van der Waals surface area contributed by atoms with Crippen molar-refractivity contribution in [3.05, 3.63) is 29.8 Å². The van der Waals surface area contributed by atoms with Crippen LogP contribution in [0, 0.1) is 5.92 Å². The lowest BCUT2D eigenvalue weighted by molar-refractivity contribution is -0.245. The number of hydrogen-bond acceptors (Lipinski definition) is 9. The highest BCUT2D eigenvalue weighted by Crippen LogP contribution is 2.51. The van der Waals surface area contributed by atoms with Crippen molar-refractivity contribution in [3.63, 3.8) is 0 Å². The minimum Gasteiger partial charge on any atom is -0.378 e. The minimum absolute atomic E-state index is 0.330. The summed E-state index contributed by atoms with van der Waals surface area (Å²) < 4.78 is 191. The summed E-state index contributed by atoms with van der Waals surface area (Å²) in [5, 5.41) is -14.7. The highest BCUT2D eigenvalue weighted by atomic mass is 32.3. The van der Waals surface area contributed by atoms with E-state index in [1.165, 1.54) is 6.92 Å². The molecule has 0 saturated carbocycles. The van der Waals surface area contributed by atoms with Gasteiger partial charge in [-0.3, -0.25) is 9.59 Å². The molecular formula is C17H16F9NO9S3. The van der Waals surface area contributed by atoms with Crippen molar-refractivity contribution in [1.82, 2.24) is 4.13 Å². The second kappa shape index (κ2) is 10.8. The molecule has 1 rings (SSSR count). The van der Waals surface area contributed by atoms with E-state index >= 15 is 0 Å². The Morgan fingerprint density at radius 1 is 0.821 bits per heavy atom. The van der Waals surface area contributed by atoms with Crippen LogP contribution in [0.5, 0.6) is 5.75 Å². The van der Waals surface area contributed by atoms with Crippen LogP contribution in [0.4, 0.5) is 39.5 Å². The summed E-state index contributed by atoms with van der Waals surface area (Å²) >= 11 is 0. The van der Waals surface area contributed by atoms with Gasteiger partial charge in [-0.25, -0.2) is 16.8 Å². The number of rotatable bonds is 13. The molecular weight excluding hydrogens is 629 g/mol. The first-order valence-electron chi connectivity index (χ1n) is 9.76. The van der Waals surface area contributed by atoms with Crippen LogP contribution < -0.4 is 8.31 Å². The van der Waals surface area contributed by atoms with Gasteiger partial charge in [0.15, 0.2) is 5.78 Å². The van der Waals surface area contributed by atoms with E-state index in [1.54, 1.807) is 6.92 Å². The average Bonchev–Trinajstić information content (AvgIpc) is 2.76. The summed E-state index contributed by atoms with van der Waals surface area (Å²) in [6.07, 6.45) is -0.260. The summed E-state index contributed by atoms with van der Waals surface area (Å²) in [4.78, 5) is 23.9.